The van der Waals surface area contributed by atoms with Crippen LogP contribution in [0.2, 0.25) is 0 Å². The molecular formula is C14H26N4. The standard InChI is InChI=1S/C14H26N4/c1-10(2)18-11(3)16-17-13(18)14(4,5)12-7-6-8-15-9-12/h10,12,15H,6-9H2,1-5H3. The van der Waals surface area contributed by atoms with E-state index in [-0.39, 0.29) is 5.41 Å². The van der Waals surface area contributed by atoms with Gasteiger partial charge in [0.1, 0.15) is 11.6 Å². The van der Waals surface area contributed by atoms with Crippen molar-refractivity contribution < 1.29 is 0 Å². The normalized spacial score (nSPS) is 21.6. The van der Waals surface area contributed by atoms with Crippen molar-refractivity contribution in [2.45, 2.75) is 58.9 Å². The summed E-state index contributed by atoms with van der Waals surface area (Å²) in [5, 5.41) is 12.3. The Bertz CT molecular complexity index is 400. The van der Waals surface area contributed by atoms with E-state index >= 15 is 0 Å². The smallest absolute Gasteiger partial charge is 0.139 e. The van der Waals surface area contributed by atoms with Crippen LogP contribution in [0.5, 0.6) is 0 Å². The van der Waals surface area contributed by atoms with Gasteiger partial charge in [-0.05, 0) is 52.6 Å². The van der Waals surface area contributed by atoms with E-state index in [1.807, 2.05) is 6.92 Å². The Morgan fingerprint density at radius 1 is 1.33 bits per heavy atom. The van der Waals surface area contributed by atoms with Gasteiger partial charge in [-0.15, -0.1) is 10.2 Å². The minimum absolute atomic E-state index is 0.0823. The lowest BCUT2D eigenvalue weighted by Crippen LogP contribution is -2.42. The van der Waals surface area contributed by atoms with Gasteiger partial charge < -0.3 is 9.88 Å². The number of aryl methyl sites for hydroxylation is 1. The quantitative estimate of drug-likeness (QED) is 0.896. The number of hydrogen-bond acceptors (Lipinski definition) is 3. The summed E-state index contributed by atoms with van der Waals surface area (Å²) in [6, 6.07) is 0.422. The highest BCUT2D eigenvalue weighted by molar-refractivity contribution is 5.11. The number of hydrogen-bond donors (Lipinski definition) is 1. The fourth-order valence-corrected chi connectivity index (χ4v) is 3.08. The summed E-state index contributed by atoms with van der Waals surface area (Å²) in [5.41, 5.74) is 0.0823. The lowest BCUT2D eigenvalue weighted by Gasteiger charge is -2.37. The zero-order valence-electron chi connectivity index (χ0n) is 12.3. The van der Waals surface area contributed by atoms with Crippen molar-refractivity contribution in [1.82, 2.24) is 20.1 Å². The van der Waals surface area contributed by atoms with Crippen LogP contribution in [0.1, 0.15) is 58.2 Å². The third kappa shape index (κ3) is 2.30. The van der Waals surface area contributed by atoms with Crippen molar-refractivity contribution in [2.24, 2.45) is 5.92 Å². The van der Waals surface area contributed by atoms with Gasteiger partial charge in [0.25, 0.3) is 0 Å². The van der Waals surface area contributed by atoms with Crippen LogP contribution in [0.15, 0.2) is 0 Å². The average Bonchev–Trinajstić information content (AvgIpc) is 2.73. The summed E-state index contributed by atoms with van der Waals surface area (Å²) in [4.78, 5) is 0. The number of nitrogens with zero attached hydrogens (tertiary/aromatic N) is 3. The Morgan fingerprint density at radius 2 is 2.06 bits per heavy atom. The van der Waals surface area contributed by atoms with Crippen LogP contribution in [-0.2, 0) is 5.41 Å². The molecule has 1 aromatic rings. The van der Waals surface area contributed by atoms with Gasteiger partial charge in [-0.1, -0.05) is 13.8 Å². The van der Waals surface area contributed by atoms with Gasteiger partial charge in [-0.25, -0.2) is 0 Å². The summed E-state index contributed by atoms with van der Waals surface area (Å²) < 4.78 is 2.29. The maximum absolute atomic E-state index is 4.47. The topological polar surface area (TPSA) is 42.7 Å². The van der Waals surface area contributed by atoms with Crippen molar-refractivity contribution in [3.63, 3.8) is 0 Å². The third-order valence-corrected chi connectivity index (χ3v) is 4.28. The van der Waals surface area contributed by atoms with Crippen LogP contribution < -0.4 is 5.32 Å². The summed E-state index contributed by atoms with van der Waals surface area (Å²) in [6.07, 6.45) is 2.55. The van der Waals surface area contributed by atoms with E-state index in [0.29, 0.717) is 12.0 Å². The summed E-state index contributed by atoms with van der Waals surface area (Å²) >= 11 is 0. The summed E-state index contributed by atoms with van der Waals surface area (Å²) in [6.45, 7) is 13.3. The molecule has 1 aromatic heterocycles. The first kappa shape index (κ1) is 13.5. The molecule has 2 heterocycles. The second-order valence-electron chi connectivity index (χ2n) is 6.30. The number of nitrogens with one attached hydrogen (secondary N) is 1. The largest absolute Gasteiger partial charge is 0.316 e. The highest BCUT2D eigenvalue weighted by atomic mass is 15.3. The Kier molecular flexibility index (Phi) is 3.76. The Balaban J connectivity index is 2.33. The highest BCUT2D eigenvalue weighted by Gasteiger charge is 2.37. The van der Waals surface area contributed by atoms with E-state index in [9.17, 15) is 0 Å². The van der Waals surface area contributed by atoms with Gasteiger partial charge in [0.05, 0.1) is 0 Å². The molecule has 1 N–H and O–H groups in total. The Labute approximate surface area is 110 Å². The van der Waals surface area contributed by atoms with Crippen LogP contribution in [0, 0.1) is 12.8 Å². The maximum atomic E-state index is 4.47. The molecule has 1 saturated heterocycles. The molecular weight excluding hydrogens is 224 g/mol. The first-order chi connectivity index (χ1) is 8.44. The van der Waals surface area contributed by atoms with Crippen molar-refractivity contribution in [3.05, 3.63) is 11.6 Å². The van der Waals surface area contributed by atoms with E-state index in [4.69, 9.17) is 0 Å². The summed E-state index contributed by atoms with van der Waals surface area (Å²) in [7, 11) is 0. The molecule has 18 heavy (non-hydrogen) atoms. The van der Waals surface area contributed by atoms with E-state index in [1.54, 1.807) is 0 Å². The van der Waals surface area contributed by atoms with Gasteiger partial charge >= 0.3 is 0 Å². The van der Waals surface area contributed by atoms with Crippen LogP contribution in [0.25, 0.3) is 0 Å². The number of piperidine rings is 1. The predicted octanol–water partition coefficient (Wildman–Crippen LogP) is 2.44. The molecule has 1 unspecified atom stereocenters. The second-order valence-corrected chi connectivity index (χ2v) is 6.30. The molecule has 1 aliphatic heterocycles. The molecule has 4 heteroatoms. The molecule has 1 fully saturated rings. The first-order valence-electron chi connectivity index (χ1n) is 7.07. The molecule has 102 valence electrons. The molecule has 0 radical (unpaired) electrons. The second kappa shape index (κ2) is 5.00. The molecule has 0 saturated carbocycles. The van der Waals surface area contributed by atoms with Gasteiger partial charge in [0, 0.05) is 11.5 Å². The van der Waals surface area contributed by atoms with Crippen molar-refractivity contribution >= 4 is 0 Å². The van der Waals surface area contributed by atoms with Gasteiger partial charge in [0.15, 0.2) is 0 Å². The molecule has 4 nitrogen and oxygen atoms in total. The number of aromatic nitrogens is 3. The van der Waals surface area contributed by atoms with E-state index in [0.717, 1.165) is 24.7 Å². The fourth-order valence-electron chi connectivity index (χ4n) is 3.08. The van der Waals surface area contributed by atoms with Crippen molar-refractivity contribution in [2.75, 3.05) is 13.1 Å². The highest BCUT2D eigenvalue weighted by Crippen LogP contribution is 2.35. The Hall–Kier alpha value is -0.900. The molecule has 0 amide bonds. The van der Waals surface area contributed by atoms with E-state index in [1.165, 1.54) is 12.8 Å². The average molecular weight is 250 g/mol. The van der Waals surface area contributed by atoms with Gasteiger partial charge in [-0.2, -0.15) is 0 Å². The van der Waals surface area contributed by atoms with Crippen LogP contribution in [0.4, 0.5) is 0 Å². The third-order valence-electron chi connectivity index (χ3n) is 4.28. The van der Waals surface area contributed by atoms with E-state index < -0.39 is 0 Å². The zero-order chi connectivity index (χ0) is 13.3. The minimum atomic E-state index is 0.0823. The molecule has 2 rings (SSSR count). The van der Waals surface area contributed by atoms with E-state index in [2.05, 4.69) is 47.8 Å². The van der Waals surface area contributed by atoms with Crippen molar-refractivity contribution in [3.8, 4) is 0 Å². The Morgan fingerprint density at radius 3 is 2.61 bits per heavy atom. The fraction of sp³-hybridized carbons (Fsp3) is 0.857. The van der Waals surface area contributed by atoms with Crippen LogP contribution in [0.3, 0.4) is 0 Å². The molecule has 1 aliphatic rings. The molecule has 0 aliphatic carbocycles. The monoisotopic (exact) mass is 250 g/mol. The molecule has 1 atom stereocenters. The van der Waals surface area contributed by atoms with Crippen molar-refractivity contribution in [1.29, 1.82) is 0 Å². The summed E-state index contributed by atoms with van der Waals surface area (Å²) in [5.74, 6) is 2.81. The molecule has 0 bridgehead atoms. The van der Waals surface area contributed by atoms with Gasteiger partial charge in [0.2, 0.25) is 0 Å². The lowest BCUT2D eigenvalue weighted by molar-refractivity contribution is 0.232. The first-order valence-corrected chi connectivity index (χ1v) is 7.07. The minimum Gasteiger partial charge on any atom is -0.316 e. The zero-order valence-corrected chi connectivity index (χ0v) is 12.3. The number of rotatable bonds is 3. The predicted molar refractivity (Wildman–Crippen MR) is 73.8 cm³/mol. The molecule has 0 spiro atoms. The lowest BCUT2D eigenvalue weighted by atomic mass is 9.74. The maximum Gasteiger partial charge on any atom is 0.139 e. The van der Waals surface area contributed by atoms with Crippen LogP contribution in [-0.4, -0.2) is 27.9 Å². The van der Waals surface area contributed by atoms with Gasteiger partial charge in [-0.3, -0.25) is 0 Å². The van der Waals surface area contributed by atoms with Crippen LogP contribution >= 0.6 is 0 Å². The molecule has 0 aromatic carbocycles. The SMILES string of the molecule is Cc1nnc(C(C)(C)C2CCCNC2)n1C(C)C.